The molecule has 158 valence electrons. The van der Waals surface area contributed by atoms with E-state index < -0.39 is 0 Å². The average molecular weight is 454 g/mol. The first-order valence-corrected chi connectivity index (χ1v) is 11.4. The topological polar surface area (TPSA) is 78.9 Å². The summed E-state index contributed by atoms with van der Waals surface area (Å²) < 4.78 is 13.8. The van der Waals surface area contributed by atoms with E-state index in [2.05, 4.69) is 25.0 Å². The SMILES string of the molecule is Clc1ccc(-c2nnc(SCc3nnc(-c4ccccc4)o3)n2CC2CCCO2)cc1. The number of hydrogen-bond donors (Lipinski definition) is 0. The maximum absolute atomic E-state index is 6.06. The summed E-state index contributed by atoms with van der Waals surface area (Å²) in [6, 6.07) is 17.4. The van der Waals surface area contributed by atoms with Crippen molar-refractivity contribution < 1.29 is 9.15 Å². The molecule has 0 bridgehead atoms. The Kier molecular flexibility index (Phi) is 6.01. The van der Waals surface area contributed by atoms with Crippen LogP contribution in [0, 0.1) is 0 Å². The summed E-state index contributed by atoms with van der Waals surface area (Å²) in [6.07, 6.45) is 2.27. The summed E-state index contributed by atoms with van der Waals surface area (Å²) in [6.45, 7) is 1.50. The van der Waals surface area contributed by atoms with Gasteiger partial charge in [-0.2, -0.15) is 0 Å². The molecule has 0 aliphatic carbocycles. The Morgan fingerprint density at radius 2 is 1.81 bits per heavy atom. The number of thioether (sulfide) groups is 1. The second-order valence-electron chi connectivity index (χ2n) is 7.21. The summed E-state index contributed by atoms with van der Waals surface area (Å²) >= 11 is 7.58. The second kappa shape index (κ2) is 9.21. The van der Waals surface area contributed by atoms with Crippen molar-refractivity contribution in [1.29, 1.82) is 0 Å². The quantitative estimate of drug-likeness (QED) is 0.359. The van der Waals surface area contributed by atoms with E-state index in [0.29, 0.717) is 29.1 Å². The zero-order valence-electron chi connectivity index (χ0n) is 16.6. The van der Waals surface area contributed by atoms with Crippen LogP contribution < -0.4 is 0 Å². The number of ether oxygens (including phenoxy) is 1. The monoisotopic (exact) mass is 453 g/mol. The highest BCUT2D eigenvalue weighted by Crippen LogP contribution is 2.29. The van der Waals surface area contributed by atoms with Crippen LogP contribution in [0.1, 0.15) is 18.7 Å². The molecule has 1 unspecified atom stereocenters. The Morgan fingerprint density at radius 3 is 2.58 bits per heavy atom. The smallest absolute Gasteiger partial charge is 0.247 e. The molecule has 0 radical (unpaired) electrons. The molecule has 4 aromatic rings. The normalized spacial score (nSPS) is 16.1. The Hall–Kier alpha value is -2.68. The molecule has 0 amide bonds. The van der Waals surface area contributed by atoms with Crippen LogP contribution in [0.4, 0.5) is 0 Å². The molecule has 1 fully saturated rings. The summed E-state index contributed by atoms with van der Waals surface area (Å²) in [7, 11) is 0. The van der Waals surface area contributed by atoms with E-state index in [4.69, 9.17) is 20.8 Å². The van der Waals surface area contributed by atoms with E-state index in [9.17, 15) is 0 Å². The lowest BCUT2D eigenvalue weighted by Crippen LogP contribution is -2.16. The second-order valence-corrected chi connectivity index (χ2v) is 8.59. The number of benzene rings is 2. The van der Waals surface area contributed by atoms with E-state index in [1.807, 2.05) is 54.6 Å². The summed E-state index contributed by atoms with van der Waals surface area (Å²) in [5.41, 5.74) is 1.86. The minimum atomic E-state index is 0.162. The van der Waals surface area contributed by atoms with Crippen molar-refractivity contribution in [3.8, 4) is 22.8 Å². The van der Waals surface area contributed by atoms with E-state index in [1.165, 1.54) is 11.8 Å². The van der Waals surface area contributed by atoms with Crippen LogP contribution in [0.5, 0.6) is 0 Å². The summed E-state index contributed by atoms with van der Waals surface area (Å²) in [5, 5.41) is 18.7. The molecule has 1 aliphatic rings. The van der Waals surface area contributed by atoms with Crippen molar-refractivity contribution >= 4 is 23.4 Å². The van der Waals surface area contributed by atoms with Crippen LogP contribution in [0.25, 0.3) is 22.8 Å². The Balaban J connectivity index is 1.37. The summed E-state index contributed by atoms with van der Waals surface area (Å²) in [5.74, 6) is 2.36. The lowest BCUT2D eigenvalue weighted by atomic mass is 10.2. The molecule has 2 aromatic heterocycles. The van der Waals surface area contributed by atoms with Gasteiger partial charge in [0.1, 0.15) is 0 Å². The maximum Gasteiger partial charge on any atom is 0.247 e. The van der Waals surface area contributed by atoms with E-state index in [-0.39, 0.29) is 6.10 Å². The molecule has 5 rings (SSSR count). The van der Waals surface area contributed by atoms with Crippen LogP contribution >= 0.6 is 23.4 Å². The van der Waals surface area contributed by atoms with E-state index in [1.54, 1.807) is 0 Å². The molecular weight excluding hydrogens is 434 g/mol. The highest BCUT2D eigenvalue weighted by atomic mass is 35.5. The van der Waals surface area contributed by atoms with Crippen LogP contribution in [0.2, 0.25) is 5.02 Å². The standard InChI is InChI=1S/C22H20ClN5O2S/c23-17-10-8-15(9-11-17)20-25-27-22(28(20)13-18-7-4-12-29-18)31-14-19-24-26-21(30-19)16-5-2-1-3-6-16/h1-3,5-6,8-11,18H,4,7,12-14H2. The molecular formula is C22H20ClN5O2S. The maximum atomic E-state index is 6.06. The fourth-order valence-electron chi connectivity index (χ4n) is 3.50. The van der Waals surface area contributed by atoms with Crippen molar-refractivity contribution in [3.63, 3.8) is 0 Å². The fourth-order valence-corrected chi connectivity index (χ4v) is 4.41. The third-order valence-electron chi connectivity index (χ3n) is 5.04. The molecule has 1 aliphatic heterocycles. The lowest BCUT2D eigenvalue weighted by Gasteiger charge is -2.14. The van der Waals surface area contributed by atoms with Gasteiger partial charge in [0, 0.05) is 22.8 Å². The van der Waals surface area contributed by atoms with Gasteiger partial charge in [0.2, 0.25) is 11.8 Å². The zero-order valence-corrected chi connectivity index (χ0v) is 18.2. The van der Waals surface area contributed by atoms with Gasteiger partial charge in [-0.05, 0) is 49.2 Å². The van der Waals surface area contributed by atoms with Crippen molar-refractivity contribution in [2.45, 2.75) is 36.4 Å². The van der Waals surface area contributed by atoms with Crippen molar-refractivity contribution in [2.75, 3.05) is 6.61 Å². The minimum absolute atomic E-state index is 0.162. The van der Waals surface area contributed by atoms with Gasteiger partial charge in [-0.15, -0.1) is 20.4 Å². The molecule has 0 saturated carbocycles. The number of halogens is 1. The van der Waals surface area contributed by atoms with Crippen molar-refractivity contribution in [1.82, 2.24) is 25.0 Å². The van der Waals surface area contributed by atoms with Gasteiger partial charge in [-0.25, -0.2) is 0 Å². The highest BCUT2D eigenvalue weighted by molar-refractivity contribution is 7.98. The first-order chi connectivity index (χ1) is 15.3. The van der Waals surface area contributed by atoms with Gasteiger partial charge in [0.05, 0.1) is 18.4 Å². The van der Waals surface area contributed by atoms with E-state index >= 15 is 0 Å². The number of rotatable bonds is 7. The Labute approximate surface area is 188 Å². The lowest BCUT2D eigenvalue weighted by molar-refractivity contribution is 0.0953. The Morgan fingerprint density at radius 1 is 0.968 bits per heavy atom. The molecule has 1 saturated heterocycles. The Bertz CT molecular complexity index is 1140. The van der Waals surface area contributed by atoms with Crippen LogP contribution in [-0.4, -0.2) is 37.7 Å². The largest absolute Gasteiger partial charge is 0.420 e. The zero-order chi connectivity index (χ0) is 21.0. The minimum Gasteiger partial charge on any atom is -0.420 e. The first kappa shape index (κ1) is 20.2. The molecule has 7 nitrogen and oxygen atoms in total. The van der Waals surface area contributed by atoms with Crippen LogP contribution in [-0.2, 0) is 17.0 Å². The van der Waals surface area contributed by atoms with Gasteiger partial charge in [-0.3, -0.25) is 4.57 Å². The molecule has 0 spiro atoms. The molecule has 2 aromatic carbocycles. The van der Waals surface area contributed by atoms with Gasteiger partial charge in [0.15, 0.2) is 11.0 Å². The number of hydrogen-bond acceptors (Lipinski definition) is 7. The fraction of sp³-hybridized carbons (Fsp3) is 0.273. The first-order valence-electron chi connectivity index (χ1n) is 10.1. The van der Waals surface area contributed by atoms with Gasteiger partial charge >= 0.3 is 0 Å². The third kappa shape index (κ3) is 4.66. The van der Waals surface area contributed by atoms with Gasteiger partial charge in [0.25, 0.3) is 0 Å². The predicted molar refractivity (Wildman–Crippen MR) is 119 cm³/mol. The molecule has 1 atom stereocenters. The number of nitrogens with zero attached hydrogens (tertiary/aromatic N) is 5. The molecule has 31 heavy (non-hydrogen) atoms. The highest BCUT2D eigenvalue weighted by Gasteiger charge is 2.22. The van der Waals surface area contributed by atoms with Crippen LogP contribution in [0.3, 0.4) is 0 Å². The van der Waals surface area contributed by atoms with Gasteiger partial charge < -0.3 is 9.15 Å². The van der Waals surface area contributed by atoms with Crippen molar-refractivity contribution in [2.24, 2.45) is 0 Å². The van der Waals surface area contributed by atoms with E-state index in [0.717, 1.165) is 41.6 Å². The average Bonchev–Trinajstić information content (AvgIpc) is 3.56. The van der Waals surface area contributed by atoms with Crippen molar-refractivity contribution in [3.05, 3.63) is 65.5 Å². The number of aromatic nitrogens is 5. The molecule has 0 N–H and O–H groups in total. The predicted octanol–water partition coefficient (Wildman–Crippen LogP) is 5.12. The molecule has 3 heterocycles. The van der Waals surface area contributed by atoms with Gasteiger partial charge in [-0.1, -0.05) is 41.6 Å². The van der Waals surface area contributed by atoms with Crippen LogP contribution in [0.15, 0.2) is 64.2 Å². The summed E-state index contributed by atoms with van der Waals surface area (Å²) in [4.78, 5) is 0. The molecule has 9 heteroatoms. The third-order valence-corrected chi connectivity index (χ3v) is 6.25.